The zero-order valence-corrected chi connectivity index (χ0v) is 17.5. The smallest absolute Gasteiger partial charge is 0.253 e. The lowest BCUT2D eigenvalue weighted by Gasteiger charge is -2.13. The number of aryl methyl sites for hydroxylation is 2. The number of hydrogen-bond acceptors (Lipinski definition) is 8. The number of hydrogen-bond donors (Lipinski definition) is 1. The number of rotatable bonds is 7. The molecular formula is C22H22N6O3. The topological polar surface area (TPSA) is 110 Å². The van der Waals surface area contributed by atoms with Gasteiger partial charge in [0.1, 0.15) is 22.8 Å². The van der Waals surface area contributed by atoms with Gasteiger partial charge in [-0.05, 0) is 38.6 Å². The van der Waals surface area contributed by atoms with Gasteiger partial charge in [-0.3, -0.25) is 9.69 Å². The summed E-state index contributed by atoms with van der Waals surface area (Å²) in [5.74, 6) is 1.65. The van der Waals surface area contributed by atoms with Crippen LogP contribution in [0.25, 0.3) is 22.7 Å². The number of pyridine rings is 1. The number of carbonyl (C=O) groups is 1. The quantitative estimate of drug-likeness (QED) is 0.486. The number of amides is 1. The molecule has 9 heteroatoms. The van der Waals surface area contributed by atoms with Gasteiger partial charge < -0.3 is 14.3 Å². The van der Waals surface area contributed by atoms with Crippen LogP contribution in [0, 0.1) is 13.8 Å². The predicted molar refractivity (Wildman–Crippen MR) is 114 cm³/mol. The third kappa shape index (κ3) is 4.84. The summed E-state index contributed by atoms with van der Waals surface area (Å²) < 4.78 is 11.2. The first-order valence-electron chi connectivity index (χ1n) is 9.75. The van der Waals surface area contributed by atoms with Crippen molar-refractivity contribution in [1.29, 1.82) is 0 Å². The van der Waals surface area contributed by atoms with E-state index in [0.29, 0.717) is 41.2 Å². The Morgan fingerprint density at radius 3 is 2.71 bits per heavy atom. The second kappa shape index (κ2) is 8.88. The Balaban J connectivity index is 1.43. The van der Waals surface area contributed by atoms with Gasteiger partial charge in [-0.25, -0.2) is 4.98 Å². The molecule has 0 aliphatic carbocycles. The van der Waals surface area contributed by atoms with E-state index in [-0.39, 0.29) is 12.5 Å². The molecule has 0 atom stereocenters. The molecule has 0 fully saturated rings. The molecule has 0 aliphatic rings. The molecule has 158 valence electrons. The highest BCUT2D eigenvalue weighted by Crippen LogP contribution is 2.33. The summed E-state index contributed by atoms with van der Waals surface area (Å²) >= 11 is 0. The zero-order valence-electron chi connectivity index (χ0n) is 17.5. The lowest BCUT2D eigenvalue weighted by atomic mass is 10.1. The maximum absolute atomic E-state index is 12.3. The van der Waals surface area contributed by atoms with E-state index < -0.39 is 0 Å². The van der Waals surface area contributed by atoms with Gasteiger partial charge in [-0.2, -0.15) is 0 Å². The molecule has 0 bridgehead atoms. The highest BCUT2D eigenvalue weighted by molar-refractivity contribution is 5.91. The van der Waals surface area contributed by atoms with Gasteiger partial charge in [0, 0.05) is 11.8 Å². The van der Waals surface area contributed by atoms with Gasteiger partial charge in [0.25, 0.3) is 5.89 Å². The molecule has 3 aromatic heterocycles. The molecule has 0 saturated carbocycles. The van der Waals surface area contributed by atoms with Crippen LogP contribution in [-0.4, -0.2) is 44.7 Å². The molecule has 0 spiro atoms. The fourth-order valence-corrected chi connectivity index (χ4v) is 3.15. The number of nitrogens with one attached hydrogen (secondary N) is 1. The van der Waals surface area contributed by atoms with E-state index in [1.807, 2.05) is 49.4 Å². The Kier molecular flexibility index (Phi) is 5.85. The average molecular weight is 418 g/mol. The summed E-state index contributed by atoms with van der Waals surface area (Å²) in [4.78, 5) is 18.2. The first-order valence-corrected chi connectivity index (χ1v) is 9.75. The standard InChI is InChI=1S/C22H22N6O3/c1-14-9-10-23-17(11-14)24-18(29)12-28(3)13-19-25-26-22(30-19)20-15(2)31-27-21(20)16-7-5-4-6-8-16/h4-11H,12-13H2,1-3H3,(H,23,24,29). The van der Waals surface area contributed by atoms with Gasteiger partial charge >= 0.3 is 0 Å². The van der Waals surface area contributed by atoms with Crippen molar-refractivity contribution >= 4 is 11.7 Å². The van der Waals surface area contributed by atoms with E-state index in [1.54, 1.807) is 25.1 Å². The summed E-state index contributed by atoms with van der Waals surface area (Å²) in [6, 6.07) is 13.3. The lowest BCUT2D eigenvalue weighted by Crippen LogP contribution is -2.30. The van der Waals surface area contributed by atoms with Gasteiger partial charge in [0.05, 0.1) is 13.1 Å². The molecule has 1 amide bonds. The number of carbonyl (C=O) groups excluding carboxylic acids is 1. The van der Waals surface area contributed by atoms with Crippen LogP contribution in [0.5, 0.6) is 0 Å². The molecule has 0 unspecified atom stereocenters. The van der Waals surface area contributed by atoms with Crippen molar-refractivity contribution in [1.82, 2.24) is 25.2 Å². The molecule has 4 aromatic rings. The maximum atomic E-state index is 12.3. The fraction of sp³-hybridized carbons (Fsp3) is 0.227. The Morgan fingerprint density at radius 1 is 1.13 bits per heavy atom. The highest BCUT2D eigenvalue weighted by Gasteiger charge is 2.22. The lowest BCUT2D eigenvalue weighted by molar-refractivity contribution is -0.117. The van der Waals surface area contributed by atoms with Crippen molar-refractivity contribution in [3.8, 4) is 22.7 Å². The molecule has 0 saturated heterocycles. The van der Waals surface area contributed by atoms with E-state index in [9.17, 15) is 4.79 Å². The highest BCUT2D eigenvalue weighted by atomic mass is 16.5. The van der Waals surface area contributed by atoms with Gasteiger partial charge in [-0.15, -0.1) is 10.2 Å². The SMILES string of the molecule is Cc1ccnc(NC(=O)CN(C)Cc2nnc(-c3c(-c4ccccc4)noc3C)o2)c1. The van der Waals surface area contributed by atoms with Crippen molar-refractivity contribution < 1.29 is 13.7 Å². The number of nitrogens with zero attached hydrogens (tertiary/aromatic N) is 5. The van der Waals surface area contributed by atoms with E-state index in [2.05, 4.69) is 25.7 Å². The van der Waals surface area contributed by atoms with Crippen LogP contribution < -0.4 is 5.32 Å². The third-order valence-electron chi connectivity index (χ3n) is 4.59. The van der Waals surface area contributed by atoms with Crippen LogP contribution in [0.3, 0.4) is 0 Å². The Hall–Kier alpha value is -3.85. The number of likely N-dealkylation sites (N-methyl/N-ethyl adjacent to an activating group) is 1. The molecular weight excluding hydrogens is 396 g/mol. The summed E-state index contributed by atoms with van der Waals surface area (Å²) in [7, 11) is 1.80. The van der Waals surface area contributed by atoms with E-state index in [4.69, 9.17) is 8.94 Å². The van der Waals surface area contributed by atoms with E-state index in [1.165, 1.54) is 0 Å². The summed E-state index contributed by atoms with van der Waals surface area (Å²) in [5, 5.41) is 15.2. The van der Waals surface area contributed by atoms with Gasteiger partial charge in [0.15, 0.2) is 0 Å². The maximum Gasteiger partial charge on any atom is 0.253 e. The molecule has 1 N–H and O–H groups in total. The number of aromatic nitrogens is 4. The minimum Gasteiger partial charge on any atom is -0.419 e. The Labute approximate surface area is 179 Å². The van der Waals surface area contributed by atoms with Crippen molar-refractivity contribution in [3.05, 3.63) is 65.9 Å². The zero-order chi connectivity index (χ0) is 21.8. The monoisotopic (exact) mass is 418 g/mol. The minimum absolute atomic E-state index is 0.148. The summed E-state index contributed by atoms with van der Waals surface area (Å²) in [6.07, 6.45) is 1.66. The first kappa shape index (κ1) is 20.4. The molecule has 4 rings (SSSR count). The second-order valence-corrected chi connectivity index (χ2v) is 7.27. The van der Waals surface area contributed by atoms with Gasteiger partial charge in [0.2, 0.25) is 11.8 Å². The Morgan fingerprint density at radius 2 is 1.94 bits per heavy atom. The minimum atomic E-state index is -0.179. The van der Waals surface area contributed by atoms with E-state index in [0.717, 1.165) is 11.1 Å². The molecule has 31 heavy (non-hydrogen) atoms. The molecule has 3 heterocycles. The molecule has 0 radical (unpaired) electrons. The van der Waals surface area contributed by atoms with Crippen LogP contribution >= 0.6 is 0 Å². The van der Waals surface area contributed by atoms with Crippen molar-refractivity contribution in [2.75, 3.05) is 18.9 Å². The Bertz CT molecular complexity index is 1180. The van der Waals surface area contributed by atoms with Gasteiger partial charge in [-0.1, -0.05) is 35.5 Å². The number of benzene rings is 1. The van der Waals surface area contributed by atoms with Crippen LogP contribution in [0.1, 0.15) is 17.2 Å². The molecule has 9 nitrogen and oxygen atoms in total. The van der Waals surface area contributed by atoms with E-state index >= 15 is 0 Å². The predicted octanol–water partition coefficient (Wildman–Crippen LogP) is 3.47. The third-order valence-corrected chi connectivity index (χ3v) is 4.59. The van der Waals surface area contributed by atoms with Crippen molar-refractivity contribution in [3.63, 3.8) is 0 Å². The first-order chi connectivity index (χ1) is 15.0. The average Bonchev–Trinajstić information content (AvgIpc) is 3.34. The second-order valence-electron chi connectivity index (χ2n) is 7.27. The summed E-state index contributed by atoms with van der Waals surface area (Å²) in [6.45, 7) is 4.20. The van der Waals surface area contributed by atoms with Crippen LogP contribution in [0.2, 0.25) is 0 Å². The normalized spacial score (nSPS) is 11.1. The van der Waals surface area contributed by atoms with Crippen LogP contribution in [0.15, 0.2) is 57.6 Å². The number of anilines is 1. The fourth-order valence-electron chi connectivity index (χ4n) is 3.15. The van der Waals surface area contributed by atoms with Crippen LogP contribution in [0.4, 0.5) is 5.82 Å². The van der Waals surface area contributed by atoms with Crippen molar-refractivity contribution in [2.24, 2.45) is 0 Å². The van der Waals surface area contributed by atoms with Crippen molar-refractivity contribution in [2.45, 2.75) is 20.4 Å². The largest absolute Gasteiger partial charge is 0.419 e. The van der Waals surface area contributed by atoms with Crippen LogP contribution in [-0.2, 0) is 11.3 Å². The molecule has 1 aromatic carbocycles. The molecule has 0 aliphatic heterocycles. The summed E-state index contributed by atoms with van der Waals surface area (Å²) in [5.41, 5.74) is 3.23.